The van der Waals surface area contributed by atoms with Gasteiger partial charge in [-0.25, -0.2) is 0 Å². The summed E-state index contributed by atoms with van der Waals surface area (Å²) in [5, 5.41) is 0. The molecule has 1 fully saturated rings. The molecule has 0 saturated carbocycles. The number of carbonyl (C=O) groups excluding carboxylic acids is 1. The molecule has 1 aliphatic rings. The zero-order valence-electron chi connectivity index (χ0n) is 6.64. The highest BCUT2D eigenvalue weighted by Gasteiger charge is 2.23. The normalized spacial score (nSPS) is 25.2. The van der Waals surface area contributed by atoms with E-state index in [0.29, 0.717) is 13.0 Å². The van der Waals surface area contributed by atoms with Gasteiger partial charge in [0.15, 0.2) is 0 Å². The number of cyclic esters (lactones) is 1. The van der Waals surface area contributed by atoms with Crippen LogP contribution in [0.4, 0.5) is 0 Å². The summed E-state index contributed by atoms with van der Waals surface area (Å²) >= 11 is 0. The summed E-state index contributed by atoms with van der Waals surface area (Å²) in [4.78, 5) is 10.7. The Bertz CT molecular complexity index is 138. The standard InChI is InChI=1S/C8H14O2/c1-8(2)5-3-4-7(9)10-6-8/h3-6H2,1-2H3. The molecule has 1 aliphatic heterocycles. The number of esters is 1. The summed E-state index contributed by atoms with van der Waals surface area (Å²) in [5.41, 5.74) is 0.201. The first-order valence-electron chi connectivity index (χ1n) is 3.76. The molecule has 58 valence electrons. The summed E-state index contributed by atoms with van der Waals surface area (Å²) in [6, 6.07) is 0. The second-order valence-electron chi connectivity index (χ2n) is 3.68. The molecule has 0 bridgehead atoms. The number of carbonyl (C=O) groups is 1. The first-order valence-corrected chi connectivity index (χ1v) is 3.76. The van der Waals surface area contributed by atoms with E-state index in [1.807, 2.05) is 0 Å². The Balaban J connectivity index is 2.48. The molecule has 0 atom stereocenters. The maximum absolute atomic E-state index is 10.7. The van der Waals surface area contributed by atoms with Crippen LogP contribution in [0.5, 0.6) is 0 Å². The van der Waals surface area contributed by atoms with Gasteiger partial charge in [-0.05, 0) is 18.3 Å². The number of rotatable bonds is 0. The molecule has 0 aliphatic carbocycles. The van der Waals surface area contributed by atoms with Gasteiger partial charge in [0, 0.05) is 6.42 Å². The van der Waals surface area contributed by atoms with Crippen molar-refractivity contribution < 1.29 is 9.53 Å². The Morgan fingerprint density at radius 2 is 2.20 bits per heavy atom. The predicted octanol–water partition coefficient (Wildman–Crippen LogP) is 1.74. The van der Waals surface area contributed by atoms with Gasteiger partial charge < -0.3 is 4.74 Å². The molecular weight excluding hydrogens is 128 g/mol. The molecule has 1 rings (SSSR count). The third-order valence-corrected chi connectivity index (χ3v) is 1.86. The predicted molar refractivity (Wildman–Crippen MR) is 38.6 cm³/mol. The van der Waals surface area contributed by atoms with Crippen LogP contribution in [0.25, 0.3) is 0 Å². The molecule has 2 nitrogen and oxygen atoms in total. The second kappa shape index (κ2) is 2.60. The molecule has 1 heterocycles. The first kappa shape index (κ1) is 7.58. The van der Waals surface area contributed by atoms with Gasteiger partial charge in [-0.2, -0.15) is 0 Å². The van der Waals surface area contributed by atoms with Crippen LogP contribution in [0.3, 0.4) is 0 Å². The van der Waals surface area contributed by atoms with Crippen LogP contribution >= 0.6 is 0 Å². The minimum absolute atomic E-state index is 0.0365. The van der Waals surface area contributed by atoms with Gasteiger partial charge in [-0.15, -0.1) is 0 Å². The Hall–Kier alpha value is -0.530. The van der Waals surface area contributed by atoms with E-state index in [4.69, 9.17) is 4.74 Å². The average Bonchev–Trinajstić information content (AvgIpc) is 1.94. The fourth-order valence-corrected chi connectivity index (χ4v) is 1.13. The van der Waals surface area contributed by atoms with E-state index in [1.165, 1.54) is 0 Å². The monoisotopic (exact) mass is 142 g/mol. The van der Waals surface area contributed by atoms with Crippen molar-refractivity contribution in [3.63, 3.8) is 0 Å². The summed E-state index contributed by atoms with van der Waals surface area (Å²) in [5.74, 6) is -0.0365. The van der Waals surface area contributed by atoms with E-state index in [-0.39, 0.29) is 11.4 Å². The van der Waals surface area contributed by atoms with Gasteiger partial charge >= 0.3 is 5.97 Å². The van der Waals surface area contributed by atoms with E-state index >= 15 is 0 Å². The van der Waals surface area contributed by atoms with Crippen LogP contribution in [-0.4, -0.2) is 12.6 Å². The molecular formula is C8H14O2. The molecule has 0 radical (unpaired) electrons. The molecule has 0 amide bonds. The quantitative estimate of drug-likeness (QED) is 0.481. The molecule has 2 heteroatoms. The number of ether oxygens (including phenoxy) is 1. The fraction of sp³-hybridized carbons (Fsp3) is 0.875. The van der Waals surface area contributed by atoms with Crippen LogP contribution < -0.4 is 0 Å². The van der Waals surface area contributed by atoms with Crippen molar-refractivity contribution in [2.45, 2.75) is 33.1 Å². The van der Waals surface area contributed by atoms with Crippen molar-refractivity contribution >= 4 is 5.97 Å². The minimum atomic E-state index is -0.0365. The third-order valence-electron chi connectivity index (χ3n) is 1.86. The SMILES string of the molecule is CC1(C)CCCC(=O)OC1. The Kier molecular flexibility index (Phi) is 1.97. The highest BCUT2D eigenvalue weighted by Crippen LogP contribution is 2.26. The molecule has 0 aromatic heterocycles. The molecule has 1 saturated heterocycles. The highest BCUT2D eigenvalue weighted by atomic mass is 16.5. The zero-order chi connectivity index (χ0) is 7.61. The van der Waals surface area contributed by atoms with E-state index in [1.54, 1.807) is 0 Å². The van der Waals surface area contributed by atoms with Crippen LogP contribution in [0.15, 0.2) is 0 Å². The molecule has 0 aromatic rings. The van der Waals surface area contributed by atoms with E-state index in [2.05, 4.69) is 13.8 Å². The Morgan fingerprint density at radius 1 is 1.50 bits per heavy atom. The maximum atomic E-state index is 10.7. The smallest absolute Gasteiger partial charge is 0.305 e. The van der Waals surface area contributed by atoms with Crippen molar-refractivity contribution in [2.75, 3.05) is 6.61 Å². The molecule has 0 unspecified atom stereocenters. The van der Waals surface area contributed by atoms with Crippen LogP contribution in [0.2, 0.25) is 0 Å². The number of hydrogen-bond donors (Lipinski definition) is 0. The van der Waals surface area contributed by atoms with E-state index in [0.717, 1.165) is 12.8 Å². The lowest BCUT2D eigenvalue weighted by molar-refractivity contribution is -0.144. The second-order valence-corrected chi connectivity index (χ2v) is 3.68. The summed E-state index contributed by atoms with van der Waals surface area (Å²) in [6.07, 6.45) is 2.67. The van der Waals surface area contributed by atoms with Crippen molar-refractivity contribution in [3.8, 4) is 0 Å². The van der Waals surface area contributed by atoms with Crippen LogP contribution in [0, 0.1) is 5.41 Å². The van der Waals surface area contributed by atoms with Gasteiger partial charge in [0.2, 0.25) is 0 Å². The summed E-state index contributed by atoms with van der Waals surface area (Å²) < 4.78 is 4.98. The number of hydrogen-bond acceptors (Lipinski definition) is 2. The first-order chi connectivity index (χ1) is 4.60. The molecule has 0 aromatic carbocycles. The lowest BCUT2D eigenvalue weighted by Crippen LogP contribution is -2.17. The zero-order valence-corrected chi connectivity index (χ0v) is 6.64. The lowest BCUT2D eigenvalue weighted by atomic mass is 9.89. The van der Waals surface area contributed by atoms with Gasteiger partial charge in [0.25, 0.3) is 0 Å². The largest absolute Gasteiger partial charge is 0.465 e. The van der Waals surface area contributed by atoms with Gasteiger partial charge in [0.05, 0.1) is 6.61 Å². The Morgan fingerprint density at radius 3 is 2.90 bits per heavy atom. The van der Waals surface area contributed by atoms with Crippen molar-refractivity contribution in [3.05, 3.63) is 0 Å². The van der Waals surface area contributed by atoms with Crippen molar-refractivity contribution in [1.82, 2.24) is 0 Å². The molecule has 0 N–H and O–H groups in total. The molecule has 0 spiro atoms. The van der Waals surface area contributed by atoms with Crippen molar-refractivity contribution in [2.24, 2.45) is 5.41 Å². The van der Waals surface area contributed by atoms with Crippen LogP contribution in [0.1, 0.15) is 33.1 Å². The average molecular weight is 142 g/mol. The van der Waals surface area contributed by atoms with Gasteiger partial charge in [-0.3, -0.25) is 4.79 Å². The highest BCUT2D eigenvalue weighted by molar-refractivity contribution is 5.69. The van der Waals surface area contributed by atoms with Gasteiger partial charge in [-0.1, -0.05) is 13.8 Å². The topological polar surface area (TPSA) is 26.3 Å². The van der Waals surface area contributed by atoms with Crippen LogP contribution in [-0.2, 0) is 9.53 Å². The summed E-state index contributed by atoms with van der Waals surface area (Å²) in [7, 11) is 0. The van der Waals surface area contributed by atoms with E-state index in [9.17, 15) is 4.79 Å². The third kappa shape index (κ3) is 2.01. The van der Waals surface area contributed by atoms with Crippen molar-refractivity contribution in [1.29, 1.82) is 0 Å². The molecule has 10 heavy (non-hydrogen) atoms. The maximum Gasteiger partial charge on any atom is 0.305 e. The van der Waals surface area contributed by atoms with E-state index < -0.39 is 0 Å². The lowest BCUT2D eigenvalue weighted by Gasteiger charge is -2.19. The minimum Gasteiger partial charge on any atom is -0.465 e. The Labute approximate surface area is 61.6 Å². The summed E-state index contributed by atoms with van der Waals surface area (Å²) in [6.45, 7) is 4.85. The fourth-order valence-electron chi connectivity index (χ4n) is 1.13. The van der Waals surface area contributed by atoms with Gasteiger partial charge in [0.1, 0.15) is 0 Å².